The standard InChI is InChI=1S/C24H19FN2O4S/c1-2-30-21(28)15-27-22-18(25)12-8-14-20(22)32-24(27)26-23(29)17-11-6-7-13-19(17)31-16-9-4-3-5-10-16/h3-14H,2,15H2,1H3. The van der Waals surface area contributed by atoms with Gasteiger partial charge in [0.2, 0.25) is 0 Å². The van der Waals surface area contributed by atoms with Gasteiger partial charge in [0.05, 0.1) is 22.4 Å². The fourth-order valence-corrected chi connectivity index (χ4v) is 4.19. The number of carbonyl (C=O) groups excluding carboxylic acids is 2. The normalized spacial score (nSPS) is 11.5. The van der Waals surface area contributed by atoms with Crippen molar-refractivity contribution in [3.05, 3.63) is 89.0 Å². The van der Waals surface area contributed by atoms with Crippen LogP contribution in [0.15, 0.2) is 77.8 Å². The molecule has 8 heteroatoms. The number of amides is 1. The average Bonchev–Trinajstić information content (AvgIpc) is 3.13. The molecule has 0 fully saturated rings. The van der Waals surface area contributed by atoms with Gasteiger partial charge in [-0.2, -0.15) is 4.99 Å². The summed E-state index contributed by atoms with van der Waals surface area (Å²) >= 11 is 1.12. The van der Waals surface area contributed by atoms with Gasteiger partial charge in [-0.1, -0.05) is 47.7 Å². The minimum atomic E-state index is -0.568. The lowest BCUT2D eigenvalue weighted by molar-refractivity contribution is -0.143. The predicted molar refractivity (Wildman–Crippen MR) is 119 cm³/mol. The van der Waals surface area contributed by atoms with E-state index in [9.17, 15) is 14.0 Å². The molecule has 0 saturated carbocycles. The van der Waals surface area contributed by atoms with Gasteiger partial charge >= 0.3 is 5.97 Å². The molecule has 1 heterocycles. The number of nitrogens with zero attached hydrogens (tertiary/aromatic N) is 2. The second-order valence-corrected chi connectivity index (χ2v) is 7.70. The Morgan fingerprint density at radius 2 is 1.75 bits per heavy atom. The van der Waals surface area contributed by atoms with Crippen molar-refractivity contribution in [3.8, 4) is 11.5 Å². The van der Waals surface area contributed by atoms with Crippen LogP contribution in [-0.4, -0.2) is 23.1 Å². The second kappa shape index (κ2) is 9.57. The van der Waals surface area contributed by atoms with E-state index in [2.05, 4.69) is 4.99 Å². The second-order valence-electron chi connectivity index (χ2n) is 6.69. The third kappa shape index (κ3) is 4.60. The number of ether oxygens (including phenoxy) is 2. The number of para-hydroxylation sites is 3. The summed E-state index contributed by atoms with van der Waals surface area (Å²) in [5, 5.41) is 0. The highest BCUT2D eigenvalue weighted by molar-refractivity contribution is 7.16. The molecule has 0 saturated heterocycles. The van der Waals surface area contributed by atoms with Crippen LogP contribution in [0, 0.1) is 5.82 Å². The summed E-state index contributed by atoms with van der Waals surface area (Å²) in [4.78, 5) is 29.6. The Balaban J connectivity index is 1.78. The minimum absolute atomic E-state index is 0.192. The van der Waals surface area contributed by atoms with Crippen molar-refractivity contribution in [2.24, 2.45) is 4.99 Å². The van der Waals surface area contributed by atoms with Crippen LogP contribution in [0.1, 0.15) is 17.3 Å². The SMILES string of the molecule is CCOC(=O)Cn1c(=NC(=O)c2ccccc2Oc2ccccc2)sc2cccc(F)c21. The topological polar surface area (TPSA) is 69.9 Å². The van der Waals surface area contributed by atoms with Crippen molar-refractivity contribution < 1.29 is 23.5 Å². The summed E-state index contributed by atoms with van der Waals surface area (Å²) < 4.78 is 27.3. The average molecular weight is 450 g/mol. The monoisotopic (exact) mass is 450 g/mol. The predicted octanol–water partition coefficient (Wildman–Crippen LogP) is 4.94. The molecule has 0 radical (unpaired) electrons. The Labute approximate surface area is 187 Å². The summed E-state index contributed by atoms with van der Waals surface area (Å²) in [6.07, 6.45) is 0. The molecule has 0 N–H and O–H groups in total. The molecule has 162 valence electrons. The molecule has 6 nitrogen and oxygen atoms in total. The third-order valence-electron chi connectivity index (χ3n) is 4.53. The van der Waals surface area contributed by atoms with Gasteiger partial charge < -0.3 is 14.0 Å². The van der Waals surface area contributed by atoms with Crippen LogP contribution >= 0.6 is 11.3 Å². The molecular formula is C24H19FN2O4S. The van der Waals surface area contributed by atoms with E-state index in [-0.39, 0.29) is 29.0 Å². The van der Waals surface area contributed by atoms with Crippen LogP contribution in [0.2, 0.25) is 0 Å². The highest BCUT2D eigenvalue weighted by Crippen LogP contribution is 2.26. The van der Waals surface area contributed by atoms with E-state index in [0.717, 1.165) is 11.3 Å². The molecule has 0 aliphatic rings. The lowest BCUT2D eigenvalue weighted by Gasteiger charge is -2.09. The molecule has 0 spiro atoms. The summed E-state index contributed by atoms with van der Waals surface area (Å²) in [6, 6.07) is 20.4. The zero-order valence-corrected chi connectivity index (χ0v) is 18.0. The van der Waals surface area contributed by atoms with E-state index in [1.165, 1.54) is 10.6 Å². The van der Waals surface area contributed by atoms with E-state index in [4.69, 9.17) is 9.47 Å². The molecule has 0 bridgehead atoms. The summed E-state index contributed by atoms with van der Waals surface area (Å²) in [7, 11) is 0. The number of rotatable bonds is 6. The minimum Gasteiger partial charge on any atom is -0.465 e. The van der Waals surface area contributed by atoms with Crippen LogP contribution < -0.4 is 9.54 Å². The van der Waals surface area contributed by atoms with Crippen LogP contribution in [0.5, 0.6) is 11.5 Å². The molecule has 32 heavy (non-hydrogen) atoms. The van der Waals surface area contributed by atoms with Crippen molar-refractivity contribution in [1.29, 1.82) is 0 Å². The fourth-order valence-electron chi connectivity index (χ4n) is 3.15. The number of carbonyl (C=O) groups is 2. The van der Waals surface area contributed by atoms with E-state index in [0.29, 0.717) is 16.2 Å². The van der Waals surface area contributed by atoms with Gasteiger partial charge in [0.15, 0.2) is 4.80 Å². The first-order valence-corrected chi connectivity index (χ1v) is 10.7. The van der Waals surface area contributed by atoms with Crippen molar-refractivity contribution in [1.82, 2.24) is 4.57 Å². The number of halogens is 1. The lowest BCUT2D eigenvalue weighted by Crippen LogP contribution is -2.23. The van der Waals surface area contributed by atoms with E-state index >= 15 is 0 Å². The van der Waals surface area contributed by atoms with Gasteiger partial charge in [0.25, 0.3) is 5.91 Å². The number of esters is 1. The molecule has 0 atom stereocenters. The van der Waals surface area contributed by atoms with Crippen molar-refractivity contribution in [3.63, 3.8) is 0 Å². The van der Waals surface area contributed by atoms with Gasteiger partial charge in [-0.15, -0.1) is 0 Å². The Bertz CT molecular complexity index is 1350. The molecule has 1 amide bonds. The maximum atomic E-state index is 14.6. The molecule has 4 aromatic rings. The Morgan fingerprint density at radius 3 is 2.53 bits per heavy atom. The summed E-state index contributed by atoms with van der Waals surface area (Å²) in [5.74, 6) is -0.700. The number of hydrogen-bond acceptors (Lipinski definition) is 5. The largest absolute Gasteiger partial charge is 0.465 e. The van der Waals surface area contributed by atoms with Crippen LogP contribution in [0.25, 0.3) is 10.2 Å². The number of benzene rings is 3. The zero-order chi connectivity index (χ0) is 22.5. The Morgan fingerprint density at radius 1 is 1.00 bits per heavy atom. The zero-order valence-electron chi connectivity index (χ0n) is 17.2. The first kappa shape index (κ1) is 21.5. The molecule has 4 rings (SSSR count). The molecule has 0 aliphatic carbocycles. The molecule has 0 unspecified atom stereocenters. The maximum Gasteiger partial charge on any atom is 0.326 e. The number of thiazole rings is 1. The van der Waals surface area contributed by atoms with Crippen LogP contribution in [-0.2, 0) is 16.1 Å². The van der Waals surface area contributed by atoms with E-state index in [1.54, 1.807) is 55.5 Å². The summed E-state index contributed by atoms with van der Waals surface area (Å²) in [5.41, 5.74) is 0.447. The van der Waals surface area contributed by atoms with Crippen LogP contribution in [0.3, 0.4) is 0 Å². The van der Waals surface area contributed by atoms with Crippen molar-refractivity contribution in [2.75, 3.05) is 6.61 Å². The van der Waals surface area contributed by atoms with Crippen LogP contribution in [0.4, 0.5) is 4.39 Å². The van der Waals surface area contributed by atoms with Gasteiger partial charge in [-0.05, 0) is 43.3 Å². The van der Waals surface area contributed by atoms with Gasteiger partial charge in [-0.25, -0.2) is 4.39 Å². The molecule has 3 aromatic carbocycles. The maximum absolute atomic E-state index is 14.6. The third-order valence-corrected chi connectivity index (χ3v) is 5.57. The Kier molecular flexibility index (Phi) is 6.42. The van der Waals surface area contributed by atoms with Gasteiger partial charge in [-0.3, -0.25) is 9.59 Å². The highest BCUT2D eigenvalue weighted by atomic mass is 32.1. The van der Waals surface area contributed by atoms with Crippen molar-refractivity contribution >= 4 is 33.4 Å². The quantitative estimate of drug-likeness (QED) is 0.390. The van der Waals surface area contributed by atoms with E-state index in [1.807, 2.05) is 18.2 Å². The first-order chi connectivity index (χ1) is 15.6. The molecular weight excluding hydrogens is 431 g/mol. The first-order valence-electron chi connectivity index (χ1n) is 9.91. The molecule has 0 aliphatic heterocycles. The number of hydrogen-bond donors (Lipinski definition) is 0. The Hall–Kier alpha value is -3.78. The van der Waals surface area contributed by atoms with Gasteiger partial charge in [0.1, 0.15) is 23.9 Å². The number of fused-ring (bicyclic) bond motifs is 1. The fraction of sp³-hybridized carbons (Fsp3) is 0.125. The lowest BCUT2D eigenvalue weighted by atomic mass is 10.2. The summed E-state index contributed by atoms with van der Waals surface area (Å²) in [6.45, 7) is 1.62. The highest BCUT2D eigenvalue weighted by Gasteiger charge is 2.17. The smallest absolute Gasteiger partial charge is 0.326 e. The van der Waals surface area contributed by atoms with Crippen molar-refractivity contribution in [2.45, 2.75) is 13.5 Å². The van der Waals surface area contributed by atoms with Gasteiger partial charge in [0, 0.05) is 0 Å². The molecule has 1 aromatic heterocycles. The van der Waals surface area contributed by atoms with E-state index < -0.39 is 17.7 Å². The number of aromatic nitrogens is 1.